The summed E-state index contributed by atoms with van der Waals surface area (Å²) in [6.45, 7) is 2.65. The Kier molecular flexibility index (Phi) is 7.63. The lowest BCUT2D eigenvalue weighted by Crippen LogP contribution is -2.03. The molecule has 2 aromatic rings. The van der Waals surface area contributed by atoms with Crippen LogP contribution in [0.5, 0.6) is 5.75 Å². The minimum atomic E-state index is 0.211. The first-order valence-electron chi connectivity index (χ1n) is 8.01. The Morgan fingerprint density at radius 2 is 2.12 bits per heavy atom. The van der Waals surface area contributed by atoms with Gasteiger partial charge in [-0.15, -0.1) is 0 Å². The van der Waals surface area contributed by atoms with Crippen LogP contribution in [-0.4, -0.2) is 22.8 Å². The molecule has 0 spiro atoms. The number of nitrogens with two attached hydrogens (primary N) is 1. The molecule has 5 nitrogen and oxygen atoms in total. The third-order valence-corrected chi connectivity index (χ3v) is 4.21. The number of anilines is 1. The zero-order valence-electron chi connectivity index (χ0n) is 14.4. The molecule has 3 rings (SSSR count). The highest BCUT2D eigenvalue weighted by atomic mass is 35.5. The number of ether oxygens (including phenoxy) is 1. The zero-order valence-corrected chi connectivity index (χ0v) is 15.9. The summed E-state index contributed by atoms with van der Waals surface area (Å²) in [7, 11) is 0. The third-order valence-electron chi connectivity index (χ3n) is 3.61. The number of benzene rings is 1. The number of nitrogen functional groups attached to an aromatic ring is 1. The van der Waals surface area contributed by atoms with Crippen molar-refractivity contribution in [1.82, 2.24) is 9.97 Å². The average molecular weight is 391 g/mol. The highest BCUT2D eigenvalue weighted by Gasteiger charge is 2.04. The number of nitrogens with one attached hydrogen (secondary N) is 1. The molecule has 0 unspecified atom stereocenters. The summed E-state index contributed by atoms with van der Waals surface area (Å²) in [6.07, 6.45) is 10.8. The molecule has 0 amide bonds. The molecule has 3 N–H and O–H groups in total. The maximum absolute atomic E-state index is 6.86. The number of hydrogen-bond donors (Lipinski definition) is 2. The van der Waals surface area contributed by atoms with Gasteiger partial charge in [-0.1, -0.05) is 47.5 Å². The quantitative estimate of drug-likeness (QED) is 0.567. The Labute approximate surface area is 163 Å². The molecular formula is C19H20Cl2N4O. The van der Waals surface area contributed by atoms with Crippen LogP contribution in [0.15, 0.2) is 48.3 Å². The molecule has 0 aliphatic heterocycles. The first-order valence-corrected chi connectivity index (χ1v) is 8.77. The lowest BCUT2D eigenvalue weighted by atomic mass is 10.1. The lowest BCUT2D eigenvalue weighted by molar-refractivity contribution is 0.347. The molecule has 7 heteroatoms. The molecule has 1 aromatic carbocycles. The molecule has 1 aliphatic rings. The summed E-state index contributed by atoms with van der Waals surface area (Å²) >= 11 is 11.6. The van der Waals surface area contributed by atoms with Crippen LogP contribution in [0.2, 0.25) is 10.2 Å². The highest BCUT2D eigenvalue weighted by molar-refractivity contribution is 6.32. The lowest BCUT2D eigenvalue weighted by Gasteiger charge is -2.12. The second-order valence-corrected chi connectivity index (χ2v) is 6.39. The predicted molar refractivity (Wildman–Crippen MR) is 107 cm³/mol. The second-order valence-electron chi connectivity index (χ2n) is 5.62. The highest BCUT2D eigenvalue weighted by Crippen LogP contribution is 2.26. The molecule has 0 bridgehead atoms. The maximum Gasteiger partial charge on any atom is 0.143 e. The van der Waals surface area contributed by atoms with Crippen LogP contribution in [0.1, 0.15) is 24.0 Å². The summed E-state index contributed by atoms with van der Waals surface area (Å²) in [5, 5.41) is 7.75. The summed E-state index contributed by atoms with van der Waals surface area (Å²) < 4.78 is 5.70. The van der Waals surface area contributed by atoms with Crippen molar-refractivity contribution in [3.63, 3.8) is 0 Å². The summed E-state index contributed by atoms with van der Waals surface area (Å²) in [5.41, 5.74) is 8.18. The first-order chi connectivity index (χ1) is 12.5. The van der Waals surface area contributed by atoms with Crippen molar-refractivity contribution in [2.45, 2.75) is 19.8 Å². The van der Waals surface area contributed by atoms with E-state index < -0.39 is 0 Å². The maximum atomic E-state index is 6.86. The number of nitrogens with zero attached hydrogens (tertiary/aromatic N) is 2. The van der Waals surface area contributed by atoms with E-state index in [0.29, 0.717) is 17.2 Å². The van der Waals surface area contributed by atoms with Crippen molar-refractivity contribution < 1.29 is 4.74 Å². The molecule has 0 atom stereocenters. The monoisotopic (exact) mass is 390 g/mol. The zero-order chi connectivity index (χ0) is 18.9. The summed E-state index contributed by atoms with van der Waals surface area (Å²) in [5.74, 6) is 0.998. The molecule has 1 aromatic heterocycles. The molecule has 26 heavy (non-hydrogen) atoms. The van der Waals surface area contributed by atoms with Crippen molar-refractivity contribution in [3.05, 3.63) is 69.6 Å². The van der Waals surface area contributed by atoms with E-state index in [2.05, 4.69) is 28.2 Å². The molecular weight excluding hydrogens is 371 g/mol. The Morgan fingerprint density at radius 1 is 1.31 bits per heavy atom. The van der Waals surface area contributed by atoms with Gasteiger partial charge in [0.05, 0.1) is 10.6 Å². The van der Waals surface area contributed by atoms with E-state index >= 15 is 0 Å². The van der Waals surface area contributed by atoms with Gasteiger partial charge in [-0.25, -0.2) is 9.97 Å². The summed E-state index contributed by atoms with van der Waals surface area (Å²) in [4.78, 5) is 7.28. The third kappa shape index (κ3) is 5.86. The van der Waals surface area contributed by atoms with Crippen LogP contribution < -0.4 is 10.5 Å². The van der Waals surface area contributed by atoms with Gasteiger partial charge in [-0.05, 0) is 43.0 Å². The Morgan fingerprint density at radius 3 is 2.69 bits per heavy atom. The molecule has 1 aliphatic carbocycles. The number of aryl methyl sites for hydroxylation is 1. The summed E-state index contributed by atoms with van der Waals surface area (Å²) in [6, 6.07) is 5.86. The molecule has 1 heterocycles. The van der Waals surface area contributed by atoms with Crippen molar-refractivity contribution >= 4 is 35.2 Å². The molecule has 0 radical (unpaired) electrons. The van der Waals surface area contributed by atoms with Gasteiger partial charge >= 0.3 is 0 Å². The van der Waals surface area contributed by atoms with Gasteiger partial charge in [0.1, 0.15) is 29.7 Å². The van der Waals surface area contributed by atoms with E-state index in [-0.39, 0.29) is 11.0 Å². The van der Waals surface area contributed by atoms with Gasteiger partial charge in [-0.2, -0.15) is 0 Å². The van der Waals surface area contributed by atoms with Crippen LogP contribution >= 0.6 is 23.2 Å². The van der Waals surface area contributed by atoms with E-state index in [9.17, 15) is 0 Å². The normalized spacial score (nSPS) is 12.7. The Balaban J connectivity index is 0.000000209. The van der Waals surface area contributed by atoms with E-state index in [4.69, 9.17) is 39.1 Å². The number of halogens is 2. The fourth-order valence-electron chi connectivity index (χ4n) is 2.19. The number of allylic oxidation sites excluding steroid dienone is 3. The average Bonchev–Trinajstić information content (AvgIpc) is 2.63. The Bertz CT molecular complexity index is 814. The molecule has 0 saturated heterocycles. The van der Waals surface area contributed by atoms with Crippen molar-refractivity contribution in [1.29, 1.82) is 5.41 Å². The van der Waals surface area contributed by atoms with Crippen molar-refractivity contribution in [2.75, 3.05) is 12.3 Å². The van der Waals surface area contributed by atoms with E-state index in [1.165, 1.54) is 11.9 Å². The van der Waals surface area contributed by atoms with Gasteiger partial charge in [0.2, 0.25) is 0 Å². The minimum Gasteiger partial charge on any atom is -0.488 e. The van der Waals surface area contributed by atoms with E-state index in [1.807, 2.05) is 25.1 Å². The Hall–Kier alpha value is -2.37. The van der Waals surface area contributed by atoms with Gasteiger partial charge < -0.3 is 15.9 Å². The first kappa shape index (κ1) is 19.9. The van der Waals surface area contributed by atoms with E-state index in [0.717, 1.165) is 30.4 Å². The van der Waals surface area contributed by atoms with Crippen LogP contribution in [0.25, 0.3) is 0 Å². The SMILES string of the molecule is Cc1ccc(OCC2=CC=CCC2)c(Cl)c1.N=Cc1c(N)ncnc1Cl. The number of aromatic nitrogens is 2. The molecule has 0 saturated carbocycles. The number of hydrogen-bond acceptors (Lipinski definition) is 5. The van der Waals surface area contributed by atoms with Crippen molar-refractivity contribution in [2.24, 2.45) is 0 Å². The van der Waals surface area contributed by atoms with Gasteiger partial charge in [0.15, 0.2) is 0 Å². The molecule has 0 fully saturated rings. The second kappa shape index (κ2) is 9.94. The van der Waals surface area contributed by atoms with Crippen LogP contribution in [0.3, 0.4) is 0 Å². The number of rotatable bonds is 4. The standard InChI is InChI=1S/C14H15ClO.C5H5ClN4/c1-11-7-8-14(13(15)9-11)16-10-12-5-3-2-4-6-12;6-4-3(1-7)5(8)10-2-9-4/h2-3,5,7-9H,4,6,10H2,1H3;1-2,7H,(H2,8,9,10). The fourth-order valence-corrected chi connectivity index (χ4v) is 2.67. The topological polar surface area (TPSA) is 84.9 Å². The smallest absolute Gasteiger partial charge is 0.143 e. The van der Waals surface area contributed by atoms with Gasteiger partial charge in [0, 0.05) is 6.21 Å². The predicted octanol–water partition coefficient (Wildman–Crippen LogP) is 5.01. The minimum absolute atomic E-state index is 0.211. The largest absolute Gasteiger partial charge is 0.488 e. The fraction of sp³-hybridized carbons (Fsp3) is 0.211. The van der Waals surface area contributed by atoms with Crippen LogP contribution in [-0.2, 0) is 0 Å². The molecule has 136 valence electrons. The van der Waals surface area contributed by atoms with Gasteiger partial charge in [0.25, 0.3) is 0 Å². The van der Waals surface area contributed by atoms with Gasteiger partial charge in [-0.3, -0.25) is 0 Å². The van der Waals surface area contributed by atoms with Crippen LogP contribution in [0.4, 0.5) is 5.82 Å². The van der Waals surface area contributed by atoms with E-state index in [1.54, 1.807) is 0 Å². The van der Waals surface area contributed by atoms with Crippen molar-refractivity contribution in [3.8, 4) is 5.75 Å². The van der Waals surface area contributed by atoms with Crippen LogP contribution in [0, 0.1) is 12.3 Å².